The highest BCUT2D eigenvalue weighted by Crippen LogP contribution is 2.19. The van der Waals surface area contributed by atoms with Crippen molar-refractivity contribution in [2.75, 3.05) is 19.6 Å². The largest absolute Gasteiger partial charge is 0.356 e. The number of halogens is 1. The maximum atomic E-state index is 12.3. The smallest absolute Gasteiger partial charge is 0.246 e. The molecule has 1 aromatic carbocycles. The van der Waals surface area contributed by atoms with Crippen LogP contribution in [-0.2, 0) is 9.59 Å². The number of carbonyl (C=O) groups excluding carboxylic acids is 2. The number of piperidine rings is 1. The molecule has 5 heteroatoms. The second kappa shape index (κ2) is 8.87. The summed E-state index contributed by atoms with van der Waals surface area (Å²) in [5.74, 6) is 0.175. The fourth-order valence-electron chi connectivity index (χ4n) is 2.63. The molecule has 4 nitrogen and oxygen atoms in total. The van der Waals surface area contributed by atoms with Gasteiger partial charge in [-0.1, -0.05) is 41.1 Å². The van der Waals surface area contributed by atoms with Crippen molar-refractivity contribution in [2.45, 2.75) is 26.2 Å². The highest BCUT2D eigenvalue weighted by Gasteiger charge is 2.26. The van der Waals surface area contributed by atoms with E-state index in [4.69, 9.17) is 0 Å². The summed E-state index contributed by atoms with van der Waals surface area (Å²) in [6, 6.07) is 7.79. The lowest BCUT2D eigenvalue weighted by Crippen LogP contribution is -2.42. The minimum atomic E-state index is 0.00756. The molecule has 1 aromatic rings. The van der Waals surface area contributed by atoms with Gasteiger partial charge in [-0.25, -0.2) is 0 Å². The highest BCUT2D eigenvalue weighted by molar-refractivity contribution is 9.10. The topological polar surface area (TPSA) is 49.4 Å². The Morgan fingerprint density at radius 1 is 1.30 bits per heavy atom. The van der Waals surface area contributed by atoms with Crippen LogP contribution in [0.3, 0.4) is 0 Å². The molecule has 1 heterocycles. The fraction of sp³-hybridized carbons (Fsp3) is 0.444. The van der Waals surface area contributed by atoms with Crippen LogP contribution in [0.15, 0.2) is 34.8 Å². The van der Waals surface area contributed by atoms with E-state index in [0.717, 1.165) is 35.8 Å². The molecule has 0 aromatic heterocycles. The molecule has 2 rings (SSSR count). The van der Waals surface area contributed by atoms with Gasteiger partial charge in [0.1, 0.15) is 0 Å². The average Bonchev–Trinajstić information content (AvgIpc) is 2.59. The normalized spacial score (nSPS) is 15.8. The molecule has 0 unspecified atom stereocenters. The first-order chi connectivity index (χ1) is 11.1. The van der Waals surface area contributed by atoms with Gasteiger partial charge in [0.15, 0.2) is 0 Å². The molecule has 0 bridgehead atoms. The van der Waals surface area contributed by atoms with Crippen molar-refractivity contribution in [2.24, 2.45) is 5.92 Å². The molecule has 0 radical (unpaired) electrons. The number of nitrogens with one attached hydrogen (secondary N) is 1. The number of carbonyl (C=O) groups is 2. The third kappa shape index (κ3) is 5.20. The quantitative estimate of drug-likeness (QED) is 0.799. The summed E-state index contributed by atoms with van der Waals surface area (Å²) in [6.45, 7) is 4.05. The van der Waals surface area contributed by atoms with Gasteiger partial charge in [0, 0.05) is 36.1 Å². The predicted molar refractivity (Wildman–Crippen MR) is 95.8 cm³/mol. The van der Waals surface area contributed by atoms with Crippen molar-refractivity contribution >= 4 is 33.8 Å². The third-order valence-electron chi connectivity index (χ3n) is 4.04. The molecule has 0 saturated carbocycles. The van der Waals surface area contributed by atoms with Crippen LogP contribution in [0.5, 0.6) is 0 Å². The summed E-state index contributed by atoms with van der Waals surface area (Å²) in [5, 5.41) is 2.94. The maximum absolute atomic E-state index is 12.3. The zero-order chi connectivity index (χ0) is 16.7. The SMILES string of the molecule is CCCNC(=O)C1CCN(C(=O)/C=C/c2ccccc2Br)CC1. The van der Waals surface area contributed by atoms with Crippen molar-refractivity contribution in [1.29, 1.82) is 0 Å². The van der Waals surface area contributed by atoms with Crippen LogP contribution in [0.2, 0.25) is 0 Å². The summed E-state index contributed by atoms with van der Waals surface area (Å²) in [4.78, 5) is 26.0. The van der Waals surface area contributed by atoms with E-state index in [-0.39, 0.29) is 17.7 Å². The van der Waals surface area contributed by atoms with Crippen LogP contribution in [0.1, 0.15) is 31.7 Å². The maximum Gasteiger partial charge on any atom is 0.246 e. The van der Waals surface area contributed by atoms with Gasteiger partial charge in [0.05, 0.1) is 0 Å². The van der Waals surface area contributed by atoms with Crippen LogP contribution >= 0.6 is 15.9 Å². The van der Waals surface area contributed by atoms with E-state index in [1.807, 2.05) is 42.2 Å². The predicted octanol–water partition coefficient (Wildman–Crippen LogP) is 3.23. The molecule has 1 saturated heterocycles. The molecule has 23 heavy (non-hydrogen) atoms. The second-order valence-corrected chi connectivity index (χ2v) is 6.60. The molecule has 1 aliphatic heterocycles. The minimum Gasteiger partial charge on any atom is -0.356 e. The number of likely N-dealkylation sites (tertiary alicyclic amines) is 1. The van der Waals surface area contributed by atoms with E-state index in [0.29, 0.717) is 13.1 Å². The lowest BCUT2D eigenvalue weighted by atomic mass is 9.96. The van der Waals surface area contributed by atoms with Crippen molar-refractivity contribution in [3.05, 3.63) is 40.4 Å². The first-order valence-electron chi connectivity index (χ1n) is 8.11. The Morgan fingerprint density at radius 2 is 2.00 bits per heavy atom. The molecule has 1 aliphatic rings. The average molecular weight is 379 g/mol. The summed E-state index contributed by atoms with van der Waals surface area (Å²) in [6.07, 6.45) is 5.86. The van der Waals surface area contributed by atoms with Gasteiger partial charge < -0.3 is 10.2 Å². The van der Waals surface area contributed by atoms with Crippen molar-refractivity contribution in [3.8, 4) is 0 Å². The molecule has 0 atom stereocenters. The molecule has 2 amide bonds. The number of hydrogen-bond donors (Lipinski definition) is 1. The Morgan fingerprint density at radius 3 is 2.65 bits per heavy atom. The van der Waals surface area contributed by atoms with Crippen LogP contribution in [0, 0.1) is 5.92 Å². The molecular formula is C18H23BrN2O2. The van der Waals surface area contributed by atoms with Gasteiger partial charge in [-0.3, -0.25) is 9.59 Å². The van der Waals surface area contributed by atoms with Gasteiger partial charge in [-0.05, 0) is 37.0 Å². The minimum absolute atomic E-state index is 0.00756. The first kappa shape index (κ1) is 17.7. The fourth-order valence-corrected chi connectivity index (χ4v) is 3.05. The van der Waals surface area contributed by atoms with Crippen LogP contribution < -0.4 is 5.32 Å². The van der Waals surface area contributed by atoms with Crippen molar-refractivity contribution < 1.29 is 9.59 Å². The third-order valence-corrected chi connectivity index (χ3v) is 4.76. The second-order valence-electron chi connectivity index (χ2n) is 5.75. The van der Waals surface area contributed by atoms with Crippen molar-refractivity contribution in [3.63, 3.8) is 0 Å². The number of hydrogen-bond acceptors (Lipinski definition) is 2. The summed E-state index contributed by atoms with van der Waals surface area (Å²) >= 11 is 3.47. The number of amides is 2. The Balaban J connectivity index is 1.84. The Bertz CT molecular complexity index is 578. The molecule has 1 fully saturated rings. The molecule has 0 aliphatic carbocycles. The Labute approximate surface area is 146 Å². The van der Waals surface area contributed by atoms with Crippen LogP contribution in [0.25, 0.3) is 6.08 Å². The van der Waals surface area contributed by atoms with E-state index < -0.39 is 0 Å². The molecular weight excluding hydrogens is 356 g/mol. The summed E-state index contributed by atoms with van der Waals surface area (Å²) < 4.78 is 0.968. The molecule has 1 N–H and O–H groups in total. The van der Waals surface area contributed by atoms with Crippen LogP contribution in [0.4, 0.5) is 0 Å². The lowest BCUT2D eigenvalue weighted by molar-refractivity contribution is -0.132. The standard InChI is InChI=1S/C18H23BrN2O2/c1-2-11-20-18(23)15-9-12-21(13-10-15)17(22)8-7-14-5-3-4-6-16(14)19/h3-8,15H,2,9-13H2,1H3,(H,20,23)/b8-7+. The number of rotatable bonds is 5. The van der Waals surface area contributed by atoms with E-state index in [1.54, 1.807) is 6.08 Å². The highest BCUT2D eigenvalue weighted by atomic mass is 79.9. The van der Waals surface area contributed by atoms with Gasteiger partial charge in [0.2, 0.25) is 11.8 Å². The zero-order valence-corrected chi connectivity index (χ0v) is 15.0. The summed E-state index contributed by atoms with van der Waals surface area (Å²) in [5.41, 5.74) is 0.981. The van der Waals surface area contributed by atoms with Gasteiger partial charge >= 0.3 is 0 Å². The van der Waals surface area contributed by atoms with E-state index in [9.17, 15) is 9.59 Å². The van der Waals surface area contributed by atoms with Crippen LogP contribution in [-0.4, -0.2) is 36.3 Å². The first-order valence-corrected chi connectivity index (χ1v) is 8.90. The monoisotopic (exact) mass is 378 g/mol. The van der Waals surface area contributed by atoms with Gasteiger partial charge in [-0.15, -0.1) is 0 Å². The van der Waals surface area contributed by atoms with E-state index >= 15 is 0 Å². The van der Waals surface area contributed by atoms with E-state index in [2.05, 4.69) is 21.2 Å². The zero-order valence-electron chi connectivity index (χ0n) is 13.4. The Kier molecular flexibility index (Phi) is 6.84. The number of benzene rings is 1. The number of nitrogens with zero attached hydrogens (tertiary/aromatic N) is 1. The van der Waals surface area contributed by atoms with E-state index in [1.165, 1.54) is 0 Å². The van der Waals surface area contributed by atoms with Gasteiger partial charge in [-0.2, -0.15) is 0 Å². The van der Waals surface area contributed by atoms with Gasteiger partial charge in [0.25, 0.3) is 0 Å². The van der Waals surface area contributed by atoms with Crippen molar-refractivity contribution in [1.82, 2.24) is 10.2 Å². The molecule has 0 spiro atoms. The molecule has 124 valence electrons. The summed E-state index contributed by atoms with van der Waals surface area (Å²) in [7, 11) is 0. The Hall–Kier alpha value is -1.62. The lowest BCUT2D eigenvalue weighted by Gasteiger charge is -2.30.